The molecule has 14 nitrogen and oxygen atoms in total. The first-order chi connectivity index (χ1) is 16.0. The zero-order chi connectivity index (χ0) is 25.2. The lowest BCUT2D eigenvalue weighted by Crippen LogP contribution is -2.50. The number of imidazole rings is 1. The molecule has 6 atom stereocenters. The second kappa shape index (κ2) is 10.3. The topological polar surface area (TPSA) is 238 Å². The molecule has 0 aromatic carbocycles. The molecule has 0 spiro atoms. The molecule has 1 fully saturated rings. The number of fused-ring (bicyclic) bond motifs is 1. The Morgan fingerprint density at radius 1 is 1.24 bits per heavy atom. The molecular formula is C20H30N8O6. The van der Waals surface area contributed by atoms with E-state index in [2.05, 4.69) is 20.3 Å². The SMILES string of the molecule is CC(C)[C@H](NC(=O)C(N)CCC(N)/C=C1\O[C@@H](n2cnc3c(N)ncnc32)[C@H](O)[C@@H]1O)C(=O)O. The highest BCUT2D eigenvalue weighted by Crippen LogP contribution is 2.34. The number of carboxylic acid groups (broad SMARTS) is 1. The van der Waals surface area contributed by atoms with Crippen LogP contribution in [0.15, 0.2) is 24.5 Å². The van der Waals surface area contributed by atoms with Gasteiger partial charge in [0.15, 0.2) is 11.5 Å². The lowest BCUT2D eigenvalue weighted by atomic mass is 10.0. The average Bonchev–Trinajstić information content (AvgIpc) is 3.32. The largest absolute Gasteiger partial charge is 0.480 e. The van der Waals surface area contributed by atoms with E-state index >= 15 is 0 Å². The van der Waals surface area contributed by atoms with E-state index < -0.39 is 48.4 Å². The van der Waals surface area contributed by atoms with Crippen LogP contribution in [0.3, 0.4) is 0 Å². The second-order valence-corrected chi connectivity index (χ2v) is 8.51. The number of carboxylic acids is 1. The molecule has 0 radical (unpaired) electrons. The van der Waals surface area contributed by atoms with E-state index in [-0.39, 0.29) is 30.3 Å². The smallest absolute Gasteiger partial charge is 0.326 e. The van der Waals surface area contributed by atoms with E-state index in [0.29, 0.717) is 11.2 Å². The number of aliphatic carboxylic acids is 1. The third-order valence-corrected chi connectivity index (χ3v) is 5.58. The molecule has 1 saturated heterocycles. The lowest BCUT2D eigenvalue weighted by Gasteiger charge is -2.21. The van der Waals surface area contributed by atoms with Gasteiger partial charge in [-0.3, -0.25) is 9.36 Å². The summed E-state index contributed by atoms with van der Waals surface area (Å²) in [5, 5.41) is 32.6. The van der Waals surface area contributed by atoms with Gasteiger partial charge in [-0.1, -0.05) is 13.8 Å². The van der Waals surface area contributed by atoms with Crippen molar-refractivity contribution in [3.8, 4) is 0 Å². The molecule has 3 rings (SSSR count). The van der Waals surface area contributed by atoms with Crippen LogP contribution in [0.25, 0.3) is 11.2 Å². The minimum absolute atomic E-state index is 0.0534. The first kappa shape index (κ1) is 25.3. The number of nitrogens with zero attached hydrogens (tertiary/aromatic N) is 4. The van der Waals surface area contributed by atoms with Gasteiger partial charge in [-0.15, -0.1) is 0 Å². The number of amides is 1. The normalized spacial score (nSPS) is 24.2. The number of hydrogen-bond donors (Lipinski definition) is 7. The number of nitrogen functional groups attached to an aromatic ring is 1. The summed E-state index contributed by atoms with van der Waals surface area (Å²) >= 11 is 0. The number of ether oxygens (including phenoxy) is 1. The Morgan fingerprint density at radius 2 is 1.94 bits per heavy atom. The summed E-state index contributed by atoms with van der Waals surface area (Å²) in [7, 11) is 0. The van der Waals surface area contributed by atoms with Gasteiger partial charge in [0.05, 0.1) is 6.04 Å². The van der Waals surface area contributed by atoms with Crippen molar-refractivity contribution in [1.82, 2.24) is 24.8 Å². The molecule has 2 aromatic heterocycles. The Balaban J connectivity index is 1.62. The zero-order valence-corrected chi connectivity index (χ0v) is 18.8. The monoisotopic (exact) mass is 478 g/mol. The summed E-state index contributed by atoms with van der Waals surface area (Å²) in [5.41, 5.74) is 18.4. The molecule has 1 amide bonds. The average molecular weight is 479 g/mol. The molecule has 1 aliphatic heterocycles. The Labute approximate surface area is 194 Å². The van der Waals surface area contributed by atoms with Crippen LogP contribution in [-0.2, 0) is 14.3 Å². The molecule has 0 bridgehead atoms. The predicted octanol–water partition coefficient (Wildman–Crippen LogP) is -1.80. The number of carbonyl (C=O) groups is 2. The Bertz CT molecular complexity index is 1070. The van der Waals surface area contributed by atoms with Gasteiger partial charge in [-0.05, 0) is 24.8 Å². The van der Waals surface area contributed by atoms with E-state index in [9.17, 15) is 24.9 Å². The highest BCUT2D eigenvalue weighted by atomic mass is 16.5. The number of aliphatic hydroxyl groups excluding tert-OH is 2. The highest BCUT2D eigenvalue weighted by molar-refractivity contribution is 5.86. The molecule has 0 saturated carbocycles. The van der Waals surface area contributed by atoms with Crippen LogP contribution in [0.1, 0.15) is 32.9 Å². The molecule has 10 N–H and O–H groups in total. The van der Waals surface area contributed by atoms with E-state index in [1.807, 2.05) is 0 Å². The Hall–Kier alpha value is -3.33. The van der Waals surface area contributed by atoms with E-state index in [1.54, 1.807) is 13.8 Å². The van der Waals surface area contributed by atoms with Gasteiger partial charge in [-0.2, -0.15) is 0 Å². The number of hydrogen-bond acceptors (Lipinski definition) is 11. The van der Waals surface area contributed by atoms with Gasteiger partial charge in [0, 0.05) is 6.04 Å². The first-order valence-corrected chi connectivity index (χ1v) is 10.7. The number of aromatic nitrogens is 4. The third kappa shape index (κ3) is 5.25. The molecular weight excluding hydrogens is 448 g/mol. The van der Waals surface area contributed by atoms with Crippen molar-refractivity contribution >= 4 is 28.9 Å². The Morgan fingerprint density at radius 3 is 2.59 bits per heavy atom. The van der Waals surface area contributed by atoms with Crippen LogP contribution in [0.5, 0.6) is 0 Å². The molecule has 1 aliphatic rings. The summed E-state index contributed by atoms with van der Waals surface area (Å²) in [4.78, 5) is 35.6. The molecule has 34 heavy (non-hydrogen) atoms. The maximum Gasteiger partial charge on any atom is 0.326 e. The van der Waals surface area contributed by atoms with Crippen LogP contribution in [0.4, 0.5) is 5.82 Å². The fraction of sp³-hybridized carbons (Fsp3) is 0.550. The molecule has 14 heteroatoms. The molecule has 186 valence electrons. The second-order valence-electron chi connectivity index (χ2n) is 8.51. The third-order valence-electron chi connectivity index (χ3n) is 5.58. The molecule has 2 unspecified atom stereocenters. The number of anilines is 1. The van der Waals surface area contributed by atoms with Crippen molar-refractivity contribution in [2.45, 2.75) is 63.3 Å². The van der Waals surface area contributed by atoms with Gasteiger partial charge >= 0.3 is 5.97 Å². The van der Waals surface area contributed by atoms with Gasteiger partial charge in [0.25, 0.3) is 0 Å². The standard InChI is InChI=1S/C20H30N8O6/c1-8(2)12(20(32)33)27-18(31)10(22)4-3-9(21)5-11-14(29)15(30)19(34-11)28-7-26-13-16(23)24-6-25-17(13)28/h5-10,12,14-15,19,29-30H,3-4,21-22H2,1-2H3,(H,27,31)(H,32,33)(H2,23,24,25)/b11-5-/t9?,10?,12-,14+,15+,19+/m0/s1. The van der Waals surface area contributed by atoms with Crippen LogP contribution < -0.4 is 22.5 Å². The van der Waals surface area contributed by atoms with Crippen LogP contribution in [0, 0.1) is 5.92 Å². The fourth-order valence-electron chi connectivity index (χ4n) is 3.59. The van der Waals surface area contributed by atoms with Crippen molar-refractivity contribution in [1.29, 1.82) is 0 Å². The zero-order valence-electron chi connectivity index (χ0n) is 18.8. The van der Waals surface area contributed by atoms with Crippen molar-refractivity contribution in [3.63, 3.8) is 0 Å². The summed E-state index contributed by atoms with van der Waals surface area (Å²) in [6.45, 7) is 3.35. The van der Waals surface area contributed by atoms with E-state index in [1.165, 1.54) is 23.3 Å². The minimum atomic E-state index is -1.35. The minimum Gasteiger partial charge on any atom is -0.480 e. The van der Waals surface area contributed by atoms with Gasteiger partial charge < -0.3 is 42.6 Å². The van der Waals surface area contributed by atoms with E-state index in [0.717, 1.165) is 0 Å². The lowest BCUT2D eigenvalue weighted by molar-refractivity contribution is -0.143. The molecule has 3 heterocycles. The maximum atomic E-state index is 12.2. The summed E-state index contributed by atoms with van der Waals surface area (Å²) < 4.78 is 7.17. The van der Waals surface area contributed by atoms with Gasteiger partial charge in [0.2, 0.25) is 12.1 Å². The van der Waals surface area contributed by atoms with Crippen LogP contribution in [0.2, 0.25) is 0 Å². The fourth-order valence-corrected chi connectivity index (χ4v) is 3.59. The summed E-state index contributed by atoms with van der Waals surface area (Å²) in [6.07, 6.45) is 0.756. The summed E-state index contributed by atoms with van der Waals surface area (Å²) in [6, 6.07) is -2.68. The van der Waals surface area contributed by atoms with Crippen molar-refractivity contribution in [3.05, 3.63) is 24.5 Å². The van der Waals surface area contributed by atoms with Crippen molar-refractivity contribution in [2.75, 3.05) is 5.73 Å². The maximum absolute atomic E-state index is 12.2. The van der Waals surface area contributed by atoms with E-state index in [4.69, 9.17) is 21.9 Å². The Kier molecular flexibility index (Phi) is 7.66. The molecule has 0 aliphatic carbocycles. The number of nitrogens with one attached hydrogen (secondary N) is 1. The highest BCUT2D eigenvalue weighted by Gasteiger charge is 2.41. The summed E-state index contributed by atoms with van der Waals surface area (Å²) in [5.74, 6) is -1.83. The number of aliphatic hydroxyl groups is 2. The van der Waals surface area contributed by atoms with Crippen molar-refractivity contribution < 1.29 is 29.6 Å². The number of nitrogens with two attached hydrogens (primary N) is 3. The molecule has 2 aromatic rings. The first-order valence-electron chi connectivity index (χ1n) is 10.7. The van der Waals surface area contributed by atoms with Gasteiger partial charge in [-0.25, -0.2) is 19.7 Å². The number of carbonyl (C=O) groups excluding carboxylic acids is 1. The predicted molar refractivity (Wildman–Crippen MR) is 120 cm³/mol. The quantitative estimate of drug-likeness (QED) is 0.211. The van der Waals surface area contributed by atoms with Gasteiger partial charge in [0.1, 0.15) is 42.2 Å². The van der Waals surface area contributed by atoms with Crippen LogP contribution >= 0.6 is 0 Å². The van der Waals surface area contributed by atoms with Crippen molar-refractivity contribution in [2.24, 2.45) is 17.4 Å². The van der Waals surface area contributed by atoms with Crippen LogP contribution in [-0.4, -0.2) is 77.0 Å². The number of rotatable bonds is 9.